The van der Waals surface area contributed by atoms with Crippen LogP contribution in [0, 0.1) is 31.1 Å². The zero-order chi connectivity index (χ0) is 25.5. The molecule has 3 rings (SSSR count). The van der Waals surface area contributed by atoms with Gasteiger partial charge in [0.15, 0.2) is 0 Å². The summed E-state index contributed by atoms with van der Waals surface area (Å²) in [5.41, 5.74) is 10.0. The van der Waals surface area contributed by atoms with E-state index >= 15 is 0 Å². The first kappa shape index (κ1) is 26.2. The third-order valence-corrected chi connectivity index (χ3v) is 6.62. The van der Waals surface area contributed by atoms with Crippen LogP contribution in [0.4, 0.5) is 5.69 Å². The Kier molecular flexibility index (Phi) is 8.85. The Morgan fingerprint density at radius 3 is 2.63 bits per heavy atom. The number of anilines is 1. The number of nitrogens with zero attached hydrogens (tertiary/aromatic N) is 3. The van der Waals surface area contributed by atoms with Crippen LogP contribution >= 0.6 is 0 Å². The molecule has 1 atom stereocenters. The summed E-state index contributed by atoms with van der Waals surface area (Å²) in [5.74, 6) is -0.704. The number of rotatable bonds is 9. The average molecular weight is 478 g/mol. The number of hydrogen-bond acceptors (Lipinski definition) is 5. The first-order chi connectivity index (χ1) is 16.7. The van der Waals surface area contributed by atoms with E-state index in [1.54, 1.807) is 13.2 Å². The molecule has 2 heterocycles. The van der Waals surface area contributed by atoms with Crippen LogP contribution < -0.4 is 11.1 Å². The number of methoxy groups -OCH3 is 1. The molecule has 0 saturated carbocycles. The highest BCUT2D eigenvalue weighted by molar-refractivity contribution is 6.09. The van der Waals surface area contributed by atoms with E-state index in [2.05, 4.69) is 21.7 Å². The lowest BCUT2D eigenvalue weighted by molar-refractivity contribution is -0.123. The zero-order valence-electron chi connectivity index (χ0n) is 21.0. The summed E-state index contributed by atoms with van der Waals surface area (Å²) in [5, 5.41) is 12.5. The molecule has 1 aliphatic rings. The van der Waals surface area contributed by atoms with E-state index in [0.717, 1.165) is 55.0 Å². The van der Waals surface area contributed by atoms with Gasteiger partial charge < -0.3 is 20.4 Å². The van der Waals surface area contributed by atoms with E-state index < -0.39 is 5.91 Å². The van der Waals surface area contributed by atoms with Crippen molar-refractivity contribution in [2.75, 3.05) is 32.1 Å². The van der Waals surface area contributed by atoms with Crippen molar-refractivity contribution in [2.45, 2.75) is 46.2 Å². The van der Waals surface area contributed by atoms with Gasteiger partial charge in [-0.1, -0.05) is 12.1 Å². The van der Waals surface area contributed by atoms with Gasteiger partial charge in [-0.3, -0.25) is 14.5 Å². The van der Waals surface area contributed by atoms with Crippen molar-refractivity contribution >= 4 is 23.6 Å². The van der Waals surface area contributed by atoms with Crippen LogP contribution in [-0.4, -0.2) is 48.1 Å². The first-order valence-electron chi connectivity index (χ1n) is 11.9. The molecule has 2 aromatic rings. The highest BCUT2D eigenvalue weighted by Gasteiger charge is 2.23. The molecule has 1 unspecified atom stereocenters. The number of likely N-dealkylation sites (tertiary alicyclic amines) is 1. The van der Waals surface area contributed by atoms with E-state index in [1.807, 2.05) is 50.2 Å². The van der Waals surface area contributed by atoms with E-state index in [0.29, 0.717) is 12.3 Å². The Morgan fingerprint density at radius 1 is 1.29 bits per heavy atom. The fraction of sp³-hybridized carbons (Fsp3) is 0.444. The van der Waals surface area contributed by atoms with Gasteiger partial charge in [0.05, 0.1) is 12.6 Å². The van der Waals surface area contributed by atoms with Crippen molar-refractivity contribution < 1.29 is 14.3 Å². The number of nitrogens with two attached hydrogens (primary N) is 1. The molecule has 0 bridgehead atoms. The second-order valence-electron chi connectivity index (χ2n) is 9.28. The lowest BCUT2D eigenvalue weighted by atomic mass is 9.96. The summed E-state index contributed by atoms with van der Waals surface area (Å²) < 4.78 is 7.43. The Hall–Kier alpha value is -3.41. The van der Waals surface area contributed by atoms with Gasteiger partial charge in [-0.15, -0.1) is 0 Å². The molecular formula is C27H35N5O3. The number of aryl methyl sites for hydroxylation is 1. The predicted octanol–water partition coefficient (Wildman–Crippen LogP) is 3.56. The highest BCUT2D eigenvalue weighted by atomic mass is 16.5. The monoisotopic (exact) mass is 477 g/mol. The number of nitriles is 1. The molecule has 8 heteroatoms. The number of hydrogen-bond donors (Lipinski definition) is 2. The largest absolute Gasteiger partial charge is 0.383 e. The zero-order valence-corrected chi connectivity index (χ0v) is 21.0. The topological polar surface area (TPSA) is 113 Å². The number of benzene rings is 1. The summed E-state index contributed by atoms with van der Waals surface area (Å²) in [7, 11) is 1.67. The maximum Gasteiger partial charge on any atom is 0.266 e. The number of nitrogens with one attached hydrogen (secondary N) is 1. The number of amides is 2. The highest BCUT2D eigenvalue weighted by Crippen LogP contribution is 2.24. The second kappa shape index (κ2) is 11.8. The van der Waals surface area contributed by atoms with E-state index in [-0.39, 0.29) is 23.4 Å². The number of carbonyl (C=O) groups is 2. The summed E-state index contributed by atoms with van der Waals surface area (Å²) >= 11 is 0. The average Bonchev–Trinajstić information content (AvgIpc) is 3.10. The summed E-state index contributed by atoms with van der Waals surface area (Å²) in [6.07, 6.45) is 3.18. The van der Waals surface area contributed by atoms with E-state index in [4.69, 9.17) is 10.5 Å². The normalized spacial score (nSPS) is 16.0. The third kappa shape index (κ3) is 6.59. The molecule has 186 valence electrons. The van der Waals surface area contributed by atoms with Crippen LogP contribution in [0.15, 0.2) is 35.9 Å². The van der Waals surface area contributed by atoms with Crippen molar-refractivity contribution in [1.82, 2.24) is 9.47 Å². The molecule has 35 heavy (non-hydrogen) atoms. The first-order valence-corrected chi connectivity index (χ1v) is 11.9. The maximum absolute atomic E-state index is 12.9. The quantitative estimate of drug-likeness (QED) is 0.424. The molecule has 0 radical (unpaired) electrons. The second-order valence-corrected chi connectivity index (χ2v) is 9.28. The van der Waals surface area contributed by atoms with Crippen LogP contribution in [0.3, 0.4) is 0 Å². The molecular weight excluding hydrogens is 442 g/mol. The molecule has 1 aromatic heterocycles. The van der Waals surface area contributed by atoms with Crippen molar-refractivity contribution in [3.05, 3.63) is 58.4 Å². The fourth-order valence-electron chi connectivity index (χ4n) is 4.83. The number of piperidine rings is 1. The van der Waals surface area contributed by atoms with Gasteiger partial charge in [0.1, 0.15) is 11.6 Å². The summed E-state index contributed by atoms with van der Waals surface area (Å²) in [6, 6.07) is 11.8. The predicted molar refractivity (Wildman–Crippen MR) is 136 cm³/mol. The lowest BCUT2D eigenvalue weighted by Crippen LogP contribution is -2.38. The van der Waals surface area contributed by atoms with Gasteiger partial charge in [-0.2, -0.15) is 5.26 Å². The van der Waals surface area contributed by atoms with Crippen molar-refractivity contribution in [3.8, 4) is 6.07 Å². The number of carbonyl (C=O) groups excluding carboxylic acids is 2. The summed E-state index contributed by atoms with van der Waals surface area (Å²) in [6.45, 7) is 8.98. The minimum Gasteiger partial charge on any atom is -0.383 e. The molecule has 3 N–H and O–H groups in total. The number of primary amides is 1. The Balaban J connectivity index is 1.69. The number of aromatic nitrogens is 1. The Labute approximate surface area is 207 Å². The Bertz CT molecular complexity index is 1140. The minimum absolute atomic E-state index is 0.0411. The van der Waals surface area contributed by atoms with Crippen LogP contribution in [0.25, 0.3) is 6.08 Å². The molecule has 0 aliphatic carbocycles. The van der Waals surface area contributed by atoms with Crippen LogP contribution in [0.5, 0.6) is 0 Å². The van der Waals surface area contributed by atoms with Crippen LogP contribution in [0.2, 0.25) is 0 Å². The Morgan fingerprint density at radius 2 is 2.00 bits per heavy atom. The molecule has 2 amide bonds. The van der Waals surface area contributed by atoms with Crippen molar-refractivity contribution in [2.24, 2.45) is 11.7 Å². The van der Waals surface area contributed by atoms with E-state index in [1.165, 1.54) is 0 Å². The summed E-state index contributed by atoms with van der Waals surface area (Å²) in [4.78, 5) is 26.6. The van der Waals surface area contributed by atoms with Gasteiger partial charge in [0.25, 0.3) is 5.91 Å². The SMILES string of the molecule is COCC(C)n1c(C)cc(/C=C(/C#N)C(=O)Nc2cccc(CN3CCC(C(N)=O)CC3)c2)c1C. The van der Waals surface area contributed by atoms with Gasteiger partial charge in [-0.05, 0) is 82.1 Å². The van der Waals surface area contributed by atoms with Gasteiger partial charge in [0.2, 0.25) is 5.91 Å². The maximum atomic E-state index is 12.9. The standard InChI is InChI=1S/C27H35N5O3/c1-18-12-23(20(3)32(18)19(2)17-35-4)14-24(15-28)27(34)30-25-7-5-6-21(13-25)16-31-10-8-22(9-11-31)26(29)33/h5-7,12-14,19,22H,8-11,16-17H2,1-4H3,(H2,29,33)(H,30,34)/b24-14-. The fourth-order valence-corrected chi connectivity index (χ4v) is 4.83. The molecule has 1 aliphatic heterocycles. The van der Waals surface area contributed by atoms with E-state index in [9.17, 15) is 14.9 Å². The molecule has 1 aromatic carbocycles. The van der Waals surface area contributed by atoms with Crippen LogP contribution in [0.1, 0.15) is 48.3 Å². The van der Waals surface area contributed by atoms with Gasteiger partial charge >= 0.3 is 0 Å². The minimum atomic E-state index is -0.443. The smallest absolute Gasteiger partial charge is 0.266 e. The molecule has 1 saturated heterocycles. The molecule has 8 nitrogen and oxygen atoms in total. The van der Waals surface area contributed by atoms with Crippen LogP contribution in [-0.2, 0) is 20.9 Å². The van der Waals surface area contributed by atoms with Crippen molar-refractivity contribution in [3.63, 3.8) is 0 Å². The van der Waals surface area contributed by atoms with Gasteiger partial charge in [-0.25, -0.2) is 0 Å². The lowest BCUT2D eigenvalue weighted by Gasteiger charge is -2.30. The third-order valence-electron chi connectivity index (χ3n) is 6.62. The van der Waals surface area contributed by atoms with Gasteiger partial charge in [0, 0.05) is 36.6 Å². The molecule has 0 spiro atoms. The molecule has 1 fully saturated rings. The number of ether oxygens (including phenoxy) is 1. The van der Waals surface area contributed by atoms with Crippen molar-refractivity contribution in [1.29, 1.82) is 5.26 Å².